The molecule has 0 aliphatic carbocycles. The molecule has 0 saturated carbocycles. The number of carboxylic acids is 1. The van der Waals surface area contributed by atoms with Crippen molar-refractivity contribution in [2.24, 2.45) is 0 Å². The first kappa shape index (κ1) is 24.9. The summed E-state index contributed by atoms with van der Waals surface area (Å²) in [4.78, 5) is 41.0. The van der Waals surface area contributed by atoms with E-state index in [2.05, 4.69) is 22.9 Å². The molecular formula is C23H27BrN2O4S2. The molecular weight excluding hydrogens is 512 g/mol. The number of rotatable bonds is 11. The first-order valence-electron chi connectivity index (χ1n) is 11.0. The monoisotopic (exact) mass is 538 g/mol. The molecule has 1 aromatic rings. The summed E-state index contributed by atoms with van der Waals surface area (Å²) in [6.45, 7) is 3.21. The Morgan fingerprint density at radius 2 is 1.72 bits per heavy atom. The molecule has 0 aromatic heterocycles. The number of thioether (sulfide) groups is 1. The quantitative estimate of drug-likeness (QED) is 0.224. The van der Waals surface area contributed by atoms with Crippen molar-refractivity contribution in [3.63, 3.8) is 0 Å². The van der Waals surface area contributed by atoms with Crippen LogP contribution in [0.25, 0.3) is 5.57 Å². The lowest BCUT2D eigenvalue weighted by molar-refractivity contribution is -0.137. The van der Waals surface area contributed by atoms with E-state index in [4.69, 9.17) is 17.3 Å². The Kier molecular flexibility index (Phi) is 8.90. The Balaban J connectivity index is 1.80. The molecule has 1 saturated heterocycles. The van der Waals surface area contributed by atoms with Crippen LogP contribution in [0.2, 0.25) is 0 Å². The van der Waals surface area contributed by atoms with Crippen LogP contribution in [-0.4, -0.2) is 45.2 Å². The number of carbonyl (C=O) groups excluding carboxylic acids is 2. The first-order valence-corrected chi connectivity index (χ1v) is 13.0. The van der Waals surface area contributed by atoms with Gasteiger partial charge < -0.3 is 10.0 Å². The molecule has 2 aliphatic rings. The van der Waals surface area contributed by atoms with E-state index < -0.39 is 5.97 Å². The standard InChI is InChI=1S/C23H27BrN2O4S2/c1-2-3-4-7-12-25-17-11-10-15(24)14-16(17)19(21(25)29)20-22(30)26(23(31)32-20)13-8-5-6-9-18(27)28/h10-11,14H,2-9,12-13H2,1H3,(H,27,28)/b20-19-. The highest BCUT2D eigenvalue weighted by molar-refractivity contribution is 9.10. The molecule has 6 nitrogen and oxygen atoms in total. The Morgan fingerprint density at radius 3 is 2.41 bits per heavy atom. The minimum absolute atomic E-state index is 0.122. The largest absolute Gasteiger partial charge is 0.481 e. The van der Waals surface area contributed by atoms with Gasteiger partial charge in [0.05, 0.1) is 16.2 Å². The maximum absolute atomic E-state index is 13.4. The van der Waals surface area contributed by atoms with E-state index in [0.717, 1.165) is 41.4 Å². The number of aliphatic carboxylic acids is 1. The van der Waals surface area contributed by atoms with Crippen LogP contribution in [0, 0.1) is 0 Å². The van der Waals surface area contributed by atoms with Crippen LogP contribution in [0.15, 0.2) is 27.6 Å². The molecule has 2 heterocycles. The van der Waals surface area contributed by atoms with Crippen LogP contribution in [-0.2, 0) is 14.4 Å². The number of halogens is 1. The van der Waals surface area contributed by atoms with Crippen LogP contribution < -0.4 is 4.90 Å². The van der Waals surface area contributed by atoms with Crippen LogP contribution in [0.1, 0.15) is 63.9 Å². The zero-order chi connectivity index (χ0) is 23.3. The van der Waals surface area contributed by atoms with Gasteiger partial charge in [-0.3, -0.25) is 19.3 Å². The number of hydrogen-bond donors (Lipinski definition) is 1. The Hall–Kier alpha value is -1.71. The first-order chi connectivity index (χ1) is 15.3. The van der Waals surface area contributed by atoms with E-state index in [0.29, 0.717) is 47.2 Å². The fourth-order valence-corrected chi connectivity index (χ4v) is 5.65. The van der Waals surface area contributed by atoms with E-state index in [1.807, 2.05) is 18.2 Å². The summed E-state index contributed by atoms with van der Waals surface area (Å²) < 4.78 is 1.30. The van der Waals surface area contributed by atoms with Gasteiger partial charge in [-0.05, 0) is 37.5 Å². The molecule has 32 heavy (non-hydrogen) atoms. The summed E-state index contributed by atoms with van der Waals surface area (Å²) in [6.07, 6.45) is 6.30. The van der Waals surface area contributed by atoms with Crippen molar-refractivity contribution in [3.05, 3.63) is 33.1 Å². The number of nitrogens with zero attached hydrogens (tertiary/aromatic N) is 2. The van der Waals surface area contributed by atoms with E-state index in [-0.39, 0.29) is 18.2 Å². The number of carboxylic acid groups (broad SMARTS) is 1. The minimum Gasteiger partial charge on any atom is -0.481 e. The third-order valence-corrected chi connectivity index (χ3v) is 7.50. The molecule has 9 heteroatoms. The molecule has 0 atom stereocenters. The topological polar surface area (TPSA) is 77.9 Å². The van der Waals surface area contributed by atoms with Crippen LogP contribution in [0.3, 0.4) is 0 Å². The van der Waals surface area contributed by atoms with Gasteiger partial charge in [0.1, 0.15) is 4.32 Å². The Labute approximate surface area is 206 Å². The van der Waals surface area contributed by atoms with Gasteiger partial charge in [0, 0.05) is 29.5 Å². The lowest BCUT2D eigenvalue weighted by Crippen LogP contribution is -2.30. The van der Waals surface area contributed by atoms with Crippen LogP contribution in [0.5, 0.6) is 0 Å². The average molecular weight is 540 g/mol. The second kappa shape index (κ2) is 11.4. The van der Waals surface area contributed by atoms with Gasteiger partial charge in [0.25, 0.3) is 11.8 Å². The second-order valence-electron chi connectivity index (χ2n) is 7.91. The van der Waals surface area contributed by atoms with Crippen molar-refractivity contribution >= 4 is 73.3 Å². The van der Waals surface area contributed by atoms with Crippen molar-refractivity contribution in [1.29, 1.82) is 0 Å². The Morgan fingerprint density at radius 1 is 1.03 bits per heavy atom. The Bertz CT molecular complexity index is 963. The van der Waals surface area contributed by atoms with Gasteiger partial charge in [0.2, 0.25) is 0 Å². The number of carbonyl (C=O) groups is 3. The third-order valence-electron chi connectivity index (χ3n) is 5.56. The lowest BCUT2D eigenvalue weighted by Gasteiger charge is -2.17. The molecule has 2 amide bonds. The zero-order valence-corrected chi connectivity index (χ0v) is 21.3. The summed E-state index contributed by atoms with van der Waals surface area (Å²) in [5.41, 5.74) is 2.04. The predicted octanol–water partition coefficient (Wildman–Crippen LogP) is 5.59. The summed E-state index contributed by atoms with van der Waals surface area (Å²) in [7, 11) is 0. The van der Waals surface area contributed by atoms with E-state index >= 15 is 0 Å². The van der Waals surface area contributed by atoms with Gasteiger partial charge >= 0.3 is 5.97 Å². The highest BCUT2D eigenvalue weighted by Crippen LogP contribution is 2.45. The van der Waals surface area contributed by atoms with Gasteiger partial charge in [0.15, 0.2) is 0 Å². The highest BCUT2D eigenvalue weighted by atomic mass is 79.9. The molecule has 0 radical (unpaired) electrons. The van der Waals surface area contributed by atoms with Gasteiger partial charge in [-0.2, -0.15) is 0 Å². The van der Waals surface area contributed by atoms with Gasteiger partial charge in [-0.1, -0.05) is 72.5 Å². The number of amides is 2. The summed E-state index contributed by atoms with van der Waals surface area (Å²) >= 11 is 10.1. The van der Waals surface area contributed by atoms with Crippen molar-refractivity contribution in [3.8, 4) is 0 Å². The van der Waals surface area contributed by atoms with E-state index in [1.54, 1.807) is 4.90 Å². The van der Waals surface area contributed by atoms with Gasteiger partial charge in [-0.15, -0.1) is 0 Å². The van der Waals surface area contributed by atoms with Crippen molar-refractivity contribution in [2.75, 3.05) is 18.0 Å². The van der Waals surface area contributed by atoms with Crippen molar-refractivity contribution in [2.45, 2.75) is 58.3 Å². The molecule has 0 bridgehead atoms. The average Bonchev–Trinajstić information content (AvgIpc) is 3.17. The number of fused-ring (bicyclic) bond motifs is 1. The summed E-state index contributed by atoms with van der Waals surface area (Å²) in [6, 6.07) is 5.73. The highest BCUT2D eigenvalue weighted by Gasteiger charge is 2.41. The molecule has 172 valence electrons. The maximum atomic E-state index is 13.4. The fourth-order valence-electron chi connectivity index (χ4n) is 3.91. The molecule has 1 aromatic carbocycles. The molecule has 1 N–H and O–H groups in total. The molecule has 0 spiro atoms. The maximum Gasteiger partial charge on any atom is 0.303 e. The molecule has 1 fully saturated rings. The fraction of sp³-hybridized carbons (Fsp3) is 0.478. The lowest BCUT2D eigenvalue weighted by atomic mass is 10.1. The molecule has 0 unspecified atom stereocenters. The van der Waals surface area contributed by atoms with Gasteiger partial charge in [-0.25, -0.2) is 0 Å². The van der Waals surface area contributed by atoms with Crippen LogP contribution in [0.4, 0.5) is 5.69 Å². The van der Waals surface area contributed by atoms with Crippen molar-refractivity contribution in [1.82, 2.24) is 4.90 Å². The predicted molar refractivity (Wildman–Crippen MR) is 136 cm³/mol. The zero-order valence-electron chi connectivity index (χ0n) is 18.1. The van der Waals surface area contributed by atoms with Crippen LogP contribution >= 0.6 is 39.9 Å². The number of unbranched alkanes of at least 4 members (excludes halogenated alkanes) is 5. The number of anilines is 1. The number of benzene rings is 1. The smallest absolute Gasteiger partial charge is 0.303 e. The number of thiocarbonyl (C=S) groups is 1. The minimum atomic E-state index is -0.816. The number of hydrogen-bond acceptors (Lipinski definition) is 5. The van der Waals surface area contributed by atoms with E-state index in [9.17, 15) is 14.4 Å². The normalized spacial score (nSPS) is 18.1. The van der Waals surface area contributed by atoms with Crippen molar-refractivity contribution < 1.29 is 19.5 Å². The summed E-state index contributed by atoms with van der Waals surface area (Å²) in [5, 5.41) is 8.76. The second-order valence-corrected chi connectivity index (χ2v) is 10.5. The molecule has 2 aliphatic heterocycles. The SMILES string of the molecule is CCCCCCN1C(=O)/C(=C2\SC(=S)N(CCCCCC(=O)O)C2=O)c2cc(Br)ccc21. The third kappa shape index (κ3) is 5.61. The summed E-state index contributed by atoms with van der Waals surface area (Å²) in [5.74, 6) is -1.19. The molecule has 3 rings (SSSR count). The van der Waals surface area contributed by atoms with E-state index in [1.165, 1.54) is 16.7 Å².